The van der Waals surface area contributed by atoms with Gasteiger partial charge in [0.1, 0.15) is 0 Å². The predicted octanol–water partition coefficient (Wildman–Crippen LogP) is 0.733. The molecule has 6 nitrogen and oxygen atoms in total. The van der Waals surface area contributed by atoms with E-state index in [2.05, 4.69) is 10.2 Å². The Kier molecular flexibility index (Phi) is 3.33. The monoisotopic (exact) mass is 238 g/mol. The number of aryl methyl sites for hydroxylation is 1. The van der Waals surface area contributed by atoms with Crippen molar-refractivity contribution in [3.05, 3.63) is 17.0 Å². The van der Waals surface area contributed by atoms with Crippen LogP contribution in [0.3, 0.4) is 0 Å². The van der Waals surface area contributed by atoms with E-state index < -0.39 is 0 Å². The van der Waals surface area contributed by atoms with Gasteiger partial charge in [-0.1, -0.05) is 0 Å². The Hall–Kier alpha value is -1.56. The number of fused-ring (bicyclic) bond motifs is 1. The molecule has 0 saturated heterocycles. The van der Waals surface area contributed by atoms with E-state index in [0.717, 1.165) is 29.8 Å². The van der Waals surface area contributed by atoms with Crippen LogP contribution in [0.2, 0.25) is 0 Å². The van der Waals surface area contributed by atoms with Gasteiger partial charge in [0.25, 0.3) is 0 Å². The van der Waals surface area contributed by atoms with E-state index in [1.54, 1.807) is 4.90 Å². The minimum atomic E-state index is -0.297. The second-order valence-corrected chi connectivity index (χ2v) is 4.22. The van der Waals surface area contributed by atoms with Gasteiger partial charge in [-0.15, -0.1) is 0 Å². The first-order chi connectivity index (χ1) is 8.19. The lowest BCUT2D eigenvalue weighted by Crippen LogP contribution is -2.40. The van der Waals surface area contributed by atoms with E-state index in [0.29, 0.717) is 13.1 Å². The lowest BCUT2D eigenvalue weighted by atomic mass is 9.94. The van der Waals surface area contributed by atoms with Crippen molar-refractivity contribution in [2.45, 2.75) is 25.8 Å². The van der Waals surface area contributed by atoms with E-state index in [1.165, 1.54) is 7.11 Å². The maximum atomic E-state index is 11.7. The number of aromatic amines is 1. The van der Waals surface area contributed by atoms with Gasteiger partial charge in [0.15, 0.2) is 0 Å². The largest absolute Gasteiger partial charge is 0.453 e. The van der Waals surface area contributed by atoms with Crippen molar-refractivity contribution in [3.8, 4) is 0 Å². The number of nitrogens with zero attached hydrogens (tertiary/aromatic N) is 2. The molecule has 1 aromatic heterocycles. The van der Waals surface area contributed by atoms with Gasteiger partial charge in [0.05, 0.1) is 18.8 Å². The summed E-state index contributed by atoms with van der Waals surface area (Å²) in [5, 5.41) is 7.24. The maximum absolute atomic E-state index is 11.7. The minimum absolute atomic E-state index is 0.0186. The number of hydrogen-bond donors (Lipinski definition) is 2. The number of rotatable bonds is 2. The molecule has 0 aromatic carbocycles. The van der Waals surface area contributed by atoms with Gasteiger partial charge in [0.2, 0.25) is 0 Å². The van der Waals surface area contributed by atoms with E-state index in [4.69, 9.17) is 10.5 Å². The van der Waals surface area contributed by atoms with Gasteiger partial charge in [-0.3, -0.25) is 5.10 Å². The summed E-state index contributed by atoms with van der Waals surface area (Å²) in [6.45, 7) is 3.13. The zero-order chi connectivity index (χ0) is 12.4. The molecule has 2 rings (SSSR count). The van der Waals surface area contributed by atoms with Crippen molar-refractivity contribution in [2.75, 3.05) is 20.2 Å². The predicted molar refractivity (Wildman–Crippen MR) is 62.6 cm³/mol. The number of amides is 1. The Labute approximate surface area is 100 Å². The number of methoxy groups -OCH3 is 1. The summed E-state index contributed by atoms with van der Waals surface area (Å²) >= 11 is 0. The highest BCUT2D eigenvalue weighted by atomic mass is 16.5. The summed E-state index contributed by atoms with van der Waals surface area (Å²) in [5.41, 5.74) is 8.78. The van der Waals surface area contributed by atoms with Gasteiger partial charge in [-0.05, 0) is 19.9 Å². The van der Waals surface area contributed by atoms with Crippen LogP contribution in [-0.2, 0) is 11.2 Å². The molecule has 17 heavy (non-hydrogen) atoms. The van der Waals surface area contributed by atoms with E-state index in [-0.39, 0.29) is 12.1 Å². The fourth-order valence-electron chi connectivity index (χ4n) is 2.45. The van der Waals surface area contributed by atoms with Gasteiger partial charge >= 0.3 is 6.09 Å². The van der Waals surface area contributed by atoms with Crippen molar-refractivity contribution >= 4 is 6.09 Å². The molecule has 1 amide bonds. The first-order valence-electron chi connectivity index (χ1n) is 5.77. The molecule has 0 fully saturated rings. The maximum Gasteiger partial charge on any atom is 0.410 e. The molecule has 1 aliphatic heterocycles. The van der Waals surface area contributed by atoms with Gasteiger partial charge in [0, 0.05) is 24.2 Å². The molecule has 0 bridgehead atoms. The van der Waals surface area contributed by atoms with Crippen molar-refractivity contribution < 1.29 is 9.53 Å². The zero-order valence-electron chi connectivity index (χ0n) is 10.2. The Bertz CT molecular complexity index is 416. The van der Waals surface area contributed by atoms with Crippen LogP contribution in [0.15, 0.2) is 0 Å². The lowest BCUT2D eigenvalue weighted by Gasteiger charge is -2.34. The van der Waals surface area contributed by atoms with Crippen molar-refractivity contribution in [1.29, 1.82) is 0 Å². The number of nitrogens with one attached hydrogen (secondary N) is 1. The molecule has 2 heterocycles. The normalized spacial score (nSPS) is 19.0. The second-order valence-electron chi connectivity index (χ2n) is 4.22. The molecular formula is C11H18N4O2. The molecule has 0 spiro atoms. The van der Waals surface area contributed by atoms with Crippen LogP contribution in [0.1, 0.15) is 29.4 Å². The average molecular weight is 238 g/mol. The molecule has 0 aliphatic carbocycles. The molecule has 94 valence electrons. The molecule has 1 atom stereocenters. The minimum Gasteiger partial charge on any atom is -0.453 e. The highest BCUT2D eigenvalue weighted by Gasteiger charge is 2.33. The zero-order valence-corrected chi connectivity index (χ0v) is 10.2. The number of hydrogen-bond acceptors (Lipinski definition) is 4. The topological polar surface area (TPSA) is 84.2 Å². The smallest absolute Gasteiger partial charge is 0.410 e. The lowest BCUT2D eigenvalue weighted by molar-refractivity contribution is 0.0986. The highest BCUT2D eigenvalue weighted by Crippen LogP contribution is 2.33. The Morgan fingerprint density at radius 3 is 3.12 bits per heavy atom. The van der Waals surface area contributed by atoms with E-state index in [9.17, 15) is 4.79 Å². The number of nitrogens with two attached hydrogens (primary N) is 1. The number of H-pyrrole nitrogens is 1. The molecular weight excluding hydrogens is 220 g/mol. The van der Waals surface area contributed by atoms with E-state index >= 15 is 0 Å². The van der Waals surface area contributed by atoms with Crippen LogP contribution < -0.4 is 5.73 Å². The Morgan fingerprint density at radius 2 is 2.47 bits per heavy atom. The third kappa shape index (κ3) is 2.00. The summed E-state index contributed by atoms with van der Waals surface area (Å²) in [5.74, 6) is 0. The summed E-state index contributed by atoms with van der Waals surface area (Å²) < 4.78 is 4.81. The second kappa shape index (κ2) is 4.75. The van der Waals surface area contributed by atoms with Gasteiger partial charge in [-0.25, -0.2) is 4.79 Å². The Balaban J connectivity index is 2.34. The fourth-order valence-corrected chi connectivity index (χ4v) is 2.45. The van der Waals surface area contributed by atoms with Gasteiger partial charge in [-0.2, -0.15) is 5.10 Å². The van der Waals surface area contributed by atoms with Crippen LogP contribution in [0.25, 0.3) is 0 Å². The average Bonchev–Trinajstić information content (AvgIpc) is 2.71. The standard InChI is InChI=1S/C11H18N4O2/c1-7-10-8(14-13-7)4-6-15(11(16)17-2)9(10)3-5-12/h9H,3-6,12H2,1-2H3,(H,13,14). The van der Waals surface area contributed by atoms with Crippen LogP contribution >= 0.6 is 0 Å². The molecule has 3 N–H and O–H groups in total. The molecule has 6 heteroatoms. The quantitative estimate of drug-likeness (QED) is 0.795. The summed E-state index contributed by atoms with van der Waals surface area (Å²) in [4.78, 5) is 13.5. The molecule has 0 radical (unpaired) electrons. The summed E-state index contributed by atoms with van der Waals surface area (Å²) in [7, 11) is 1.40. The van der Waals surface area contributed by atoms with Crippen LogP contribution in [0.4, 0.5) is 4.79 Å². The number of carbonyl (C=O) groups excluding carboxylic acids is 1. The summed E-state index contributed by atoms with van der Waals surface area (Å²) in [6.07, 6.45) is 1.19. The third-order valence-corrected chi connectivity index (χ3v) is 3.22. The number of ether oxygens (including phenoxy) is 1. The first kappa shape index (κ1) is 11.9. The number of carbonyl (C=O) groups is 1. The van der Waals surface area contributed by atoms with Crippen LogP contribution in [0, 0.1) is 6.92 Å². The molecule has 1 aromatic rings. The highest BCUT2D eigenvalue weighted by molar-refractivity contribution is 5.68. The SMILES string of the molecule is COC(=O)N1CCc2n[nH]c(C)c2C1CCN. The number of aromatic nitrogens is 2. The van der Waals surface area contributed by atoms with Crippen molar-refractivity contribution in [1.82, 2.24) is 15.1 Å². The van der Waals surface area contributed by atoms with Gasteiger partial charge < -0.3 is 15.4 Å². The molecule has 1 aliphatic rings. The molecule has 1 unspecified atom stereocenters. The third-order valence-electron chi connectivity index (χ3n) is 3.22. The van der Waals surface area contributed by atoms with E-state index in [1.807, 2.05) is 6.92 Å². The van der Waals surface area contributed by atoms with Crippen molar-refractivity contribution in [2.24, 2.45) is 5.73 Å². The first-order valence-corrected chi connectivity index (χ1v) is 5.77. The van der Waals surface area contributed by atoms with Crippen LogP contribution in [-0.4, -0.2) is 41.4 Å². The molecule has 0 saturated carbocycles. The summed E-state index contributed by atoms with van der Waals surface area (Å²) in [6, 6.07) is -0.0186. The fraction of sp³-hybridized carbons (Fsp3) is 0.636. The Morgan fingerprint density at radius 1 is 1.71 bits per heavy atom. The van der Waals surface area contributed by atoms with Crippen molar-refractivity contribution in [3.63, 3.8) is 0 Å². The van der Waals surface area contributed by atoms with Crippen LogP contribution in [0.5, 0.6) is 0 Å².